The molecule has 1 fully saturated rings. The Morgan fingerprint density at radius 3 is 2.43 bits per heavy atom. The summed E-state index contributed by atoms with van der Waals surface area (Å²) in [4.78, 5) is 2.44. The van der Waals surface area contributed by atoms with Crippen LogP contribution in [0.5, 0.6) is 5.75 Å². The van der Waals surface area contributed by atoms with Gasteiger partial charge >= 0.3 is 0 Å². The Morgan fingerprint density at radius 1 is 1.00 bits per heavy atom. The standard InChI is InChI=1S/C18H18FNO/c19-15-3-1-14(2-4-15)18-7-9-20(10-8-18)12-13-11-16(21)5-6-17(13)18/h1-6,11,21H,7-10,12H2. The van der Waals surface area contributed by atoms with Gasteiger partial charge < -0.3 is 5.11 Å². The van der Waals surface area contributed by atoms with Crippen LogP contribution in [-0.2, 0) is 12.0 Å². The van der Waals surface area contributed by atoms with Crippen molar-refractivity contribution < 1.29 is 9.50 Å². The fraction of sp³-hybridized carbons (Fsp3) is 0.333. The van der Waals surface area contributed by atoms with Gasteiger partial charge in [0.15, 0.2) is 0 Å². The van der Waals surface area contributed by atoms with Gasteiger partial charge in [-0.15, -0.1) is 0 Å². The summed E-state index contributed by atoms with van der Waals surface area (Å²) in [7, 11) is 0. The maximum absolute atomic E-state index is 13.3. The number of nitrogens with zero attached hydrogens (tertiary/aromatic N) is 1. The summed E-state index contributed by atoms with van der Waals surface area (Å²) in [5.74, 6) is 0.137. The van der Waals surface area contributed by atoms with E-state index in [-0.39, 0.29) is 11.2 Å². The number of aromatic hydroxyl groups is 1. The summed E-state index contributed by atoms with van der Waals surface area (Å²) in [6.07, 6.45) is 2.10. The highest BCUT2D eigenvalue weighted by molar-refractivity contribution is 5.48. The molecule has 0 atom stereocenters. The van der Waals surface area contributed by atoms with Gasteiger partial charge in [-0.05, 0) is 66.9 Å². The summed E-state index contributed by atoms with van der Waals surface area (Å²) >= 11 is 0. The smallest absolute Gasteiger partial charge is 0.123 e. The molecule has 2 aromatic rings. The first-order valence-corrected chi connectivity index (χ1v) is 7.48. The molecule has 0 aromatic heterocycles. The highest BCUT2D eigenvalue weighted by Gasteiger charge is 2.42. The monoisotopic (exact) mass is 283 g/mol. The number of phenolic OH excluding ortho intramolecular Hbond substituents is 1. The van der Waals surface area contributed by atoms with E-state index in [4.69, 9.17) is 0 Å². The van der Waals surface area contributed by atoms with E-state index in [1.165, 1.54) is 16.7 Å². The maximum atomic E-state index is 13.3. The van der Waals surface area contributed by atoms with Crippen LogP contribution >= 0.6 is 0 Å². The second-order valence-electron chi connectivity index (χ2n) is 6.21. The lowest BCUT2D eigenvalue weighted by Gasteiger charge is -2.39. The topological polar surface area (TPSA) is 23.5 Å². The predicted octanol–water partition coefficient (Wildman–Crippen LogP) is 3.43. The lowest BCUT2D eigenvalue weighted by molar-refractivity contribution is 0.190. The molecule has 2 aromatic carbocycles. The van der Waals surface area contributed by atoms with Gasteiger partial charge in [0.05, 0.1) is 0 Å². The molecule has 1 saturated heterocycles. The van der Waals surface area contributed by atoms with E-state index in [0.29, 0.717) is 5.75 Å². The van der Waals surface area contributed by atoms with E-state index in [2.05, 4.69) is 11.0 Å². The highest BCUT2D eigenvalue weighted by atomic mass is 19.1. The summed E-state index contributed by atoms with van der Waals surface area (Å²) in [5, 5.41) is 9.80. The van der Waals surface area contributed by atoms with Crippen LogP contribution in [0.15, 0.2) is 42.5 Å². The number of benzene rings is 2. The zero-order chi connectivity index (χ0) is 14.4. The third-order valence-corrected chi connectivity index (χ3v) is 5.10. The van der Waals surface area contributed by atoms with Crippen LogP contribution in [0.1, 0.15) is 29.5 Å². The SMILES string of the molecule is Oc1ccc2c(c1)CN1CCC2(c2ccc(F)cc2)CC1. The first kappa shape index (κ1) is 12.8. The van der Waals surface area contributed by atoms with Crippen LogP contribution in [0.3, 0.4) is 0 Å². The van der Waals surface area contributed by atoms with E-state index in [1.54, 1.807) is 18.2 Å². The highest BCUT2D eigenvalue weighted by Crippen LogP contribution is 2.46. The quantitative estimate of drug-likeness (QED) is 0.866. The predicted molar refractivity (Wildman–Crippen MR) is 79.8 cm³/mol. The third-order valence-electron chi connectivity index (χ3n) is 5.10. The van der Waals surface area contributed by atoms with Gasteiger partial charge in [-0.25, -0.2) is 4.39 Å². The number of piperidine rings is 1. The Hall–Kier alpha value is -1.87. The number of hydrogen-bond donors (Lipinski definition) is 1. The van der Waals surface area contributed by atoms with Crippen molar-refractivity contribution in [3.05, 3.63) is 65.0 Å². The summed E-state index contributed by atoms with van der Waals surface area (Å²) < 4.78 is 13.3. The van der Waals surface area contributed by atoms with Gasteiger partial charge in [0.25, 0.3) is 0 Å². The van der Waals surface area contributed by atoms with Crippen molar-refractivity contribution in [1.29, 1.82) is 0 Å². The average molecular weight is 283 g/mol. The van der Waals surface area contributed by atoms with Crippen LogP contribution in [-0.4, -0.2) is 23.1 Å². The molecule has 21 heavy (non-hydrogen) atoms. The van der Waals surface area contributed by atoms with E-state index in [1.807, 2.05) is 18.2 Å². The molecular formula is C18H18FNO. The molecule has 108 valence electrons. The Kier molecular flexibility index (Phi) is 2.79. The molecule has 1 N–H and O–H groups in total. The zero-order valence-corrected chi connectivity index (χ0v) is 11.8. The molecule has 3 aliphatic heterocycles. The maximum Gasteiger partial charge on any atom is 0.123 e. The van der Waals surface area contributed by atoms with Gasteiger partial charge in [0, 0.05) is 12.0 Å². The molecule has 5 rings (SSSR count). The van der Waals surface area contributed by atoms with Crippen LogP contribution < -0.4 is 0 Å². The Labute approximate surface area is 123 Å². The molecule has 2 bridgehead atoms. The van der Waals surface area contributed by atoms with Crippen LogP contribution in [0, 0.1) is 5.82 Å². The van der Waals surface area contributed by atoms with Gasteiger partial charge in [0.2, 0.25) is 0 Å². The fourth-order valence-electron chi connectivity index (χ4n) is 3.99. The summed E-state index contributed by atoms with van der Waals surface area (Å²) in [5.41, 5.74) is 3.66. The molecule has 0 spiro atoms. The fourth-order valence-corrected chi connectivity index (χ4v) is 3.99. The van der Waals surface area contributed by atoms with Crippen molar-refractivity contribution in [2.45, 2.75) is 24.8 Å². The zero-order valence-electron chi connectivity index (χ0n) is 11.8. The van der Waals surface area contributed by atoms with Gasteiger partial charge in [-0.3, -0.25) is 4.90 Å². The average Bonchev–Trinajstić information content (AvgIpc) is 2.74. The first-order chi connectivity index (χ1) is 10.2. The van der Waals surface area contributed by atoms with Crippen LogP contribution in [0.4, 0.5) is 4.39 Å². The number of hydrogen-bond acceptors (Lipinski definition) is 2. The van der Waals surface area contributed by atoms with E-state index < -0.39 is 0 Å². The van der Waals surface area contributed by atoms with Crippen molar-refractivity contribution in [3.8, 4) is 5.75 Å². The largest absolute Gasteiger partial charge is 0.508 e. The van der Waals surface area contributed by atoms with Crippen molar-refractivity contribution in [1.82, 2.24) is 4.90 Å². The van der Waals surface area contributed by atoms with Crippen molar-refractivity contribution >= 4 is 0 Å². The molecule has 0 saturated carbocycles. The summed E-state index contributed by atoms with van der Waals surface area (Å²) in [6, 6.07) is 12.7. The molecular weight excluding hydrogens is 265 g/mol. The van der Waals surface area contributed by atoms with E-state index >= 15 is 0 Å². The van der Waals surface area contributed by atoms with Crippen molar-refractivity contribution in [2.24, 2.45) is 0 Å². The Morgan fingerprint density at radius 2 is 1.71 bits per heavy atom. The van der Waals surface area contributed by atoms with Crippen LogP contribution in [0.25, 0.3) is 0 Å². The Balaban J connectivity index is 1.92. The first-order valence-electron chi connectivity index (χ1n) is 7.48. The van der Waals surface area contributed by atoms with Gasteiger partial charge in [-0.2, -0.15) is 0 Å². The molecule has 3 heterocycles. The van der Waals surface area contributed by atoms with Crippen molar-refractivity contribution in [2.75, 3.05) is 13.1 Å². The molecule has 0 unspecified atom stereocenters. The number of fused-ring (bicyclic) bond motifs is 2. The van der Waals surface area contributed by atoms with Gasteiger partial charge in [0.1, 0.15) is 11.6 Å². The lowest BCUT2D eigenvalue weighted by atomic mass is 9.68. The molecule has 0 amide bonds. The minimum Gasteiger partial charge on any atom is -0.508 e. The second-order valence-corrected chi connectivity index (χ2v) is 6.21. The second kappa shape index (κ2) is 4.57. The van der Waals surface area contributed by atoms with E-state index in [9.17, 15) is 9.50 Å². The minimum absolute atomic E-state index is 0.0380. The summed E-state index contributed by atoms with van der Waals surface area (Å²) in [6.45, 7) is 2.99. The molecule has 2 nitrogen and oxygen atoms in total. The third kappa shape index (κ3) is 1.95. The lowest BCUT2D eigenvalue weighted by Crippen LogP contribution is -2.39. The minimum atomic E-state index is -0.188. The molecule has 3 aliphatic rings. The molecule has 3 heteroatoms. The van der Waals surface area contributed by atoms with Crippen molar-refractivity contribution in [3.63, 3.8) is 0 Å². The number of phenols is 1. The Bertz CT molecular complexity index is 672. The normalized spacial score (nSPS) is 27.2. The number of rotatable bonds is 1. The van der Waals surface area contributed by atoms with Crippen LogP contribution in [0.2, 0.25) is 0 Å². The number of halogens is 1. The molecule has 0 aliphatic carbocycles. The van der Waals surface area contributed by atoms with E-state index in [0.717, 1.165) is 32.5 Å². The molecule has 0 radical (unpaired) electrons. The van der Waals surface area contributed by atoms with Gasteiger partial charge in [-0.1, -0.05) is 18.2 Å².